The molecule has 10 heavy (non-hydrogen) atoms. The number of hydrogen-bond donors (Lipinski definition) is 0. The van der Waals surface area contributed by atoms with Crippen molar-refractivity contribution in [2.24, 2.45) is 0 Å². The van der Waals surface area contributed by atoms with Crippen LogP contribution in [0.5, 0.6) is 0 Å². The van der Waals surface area contributed by atoms with Crippen molar-refractivity contribution >= 4 is 0 Å². The van der Waals surface area contributed by atoms with E-state index in [1.54, 1.807) is 0 Å². The van der Waals surface area contributed by atoms with E-state index in [0.717, 1.165) is 6.08 Å². The fraction of sp³-hybridized carbons (Fsp3) is 0.667. The Hall–Kier alpha value is -0.540. The van der Waals surface area contributed by atoms with Gasteiger partial charge in [-0.2, -0.15) is 17.6 Å². The highest BCUT2D eigenvalue weighted by molar-refractivity contribution is 5.44. The average molecular weight is 154 g/mol. The van der Waals surface area contributed by atoms with Crippen LogP contribution in [-0.2, 0) is 0 Å². The summed E-state index contributed by atoms with van der Waals surface area (Å²) in [6, 6.07) is 0. The molecule has 0 bridgehead atoms. The Morgan fingerprint density at radius 2 is 1.60 bits per heavy atom. The van der Waals surface area contributed by atoms with Gasteiger partial charge in [-0.1, -0.05) is 13.0 Å². The van der Waals surface area contributed by atoms with Gasteiger partial charge in [-0.05, 0) is 6.42 Å². The minimum absolute atomic E-state index is 0.223. The molecule has 0 aliphatic heterocycles. The lowest BCUT2D eigenvalue weighted by Crippen LogP contribution is -2.02. The van der Waals surface area contributed by atoms with Crippen molar-refractivity contribution in [3.8, 4) is 0 Å². The highest BCUT2D eigenvalue weighted by Crippen LogP contribution is 2.62. The molecule has 0 saturated heterocycles. The second-order valence-electron chi connectivity index (χ2n) is 2.17. The van der Waals surface area contributed by atoms with Crippen LogP contribution in [0.2, 0.25) is 0 Å². The highest BCUT2D eigenvalue weighted by atomic mass is 19.3. The molecule has 0 heterocycles. The Labute approximate surface area is 55.5 Å². The standard InChI is InChI=1S/C6H6F4/c1-2-3-4-5(7,8)6(4,9)10/h3H,2H2,1H3. The summed E-state index contributed by atoms with van der Waals surface area (Å²) in [4.78, 5) is 0. The van der Waals surface area contributed by atoms with Crippen LogP contribution in [0.15, 0.2) is 11.6 Å². The first-order valence-electron chi connectivity index (χ1n) is 2.91. The van der Waals surface area contributed by atoms with Crippen molar-refractivity contribution in [3.05, 3.63) is 11.6 Å². The quantitative estimate of drug-likeness (QED) is 0.402. The van der Waals surface area contributed by atoms with Gasteiger partial charge >= 0.3 is 11.8 Å². The van der Waals surface area contributed by atoms with Gasteiger partial charge in [0.15, 0.2) is 0 Å². The molecule has 0 amide bonds. The van der Waals surface area contributed by atoms with Crippen LogP contribution in [0.25, 0.3) is 0 Å². The molecule has 0 nitrogen and oxygen atoms in total. The van der Waals surface area contributed by atoms with Gasteiger partial charge in [-0.25, -0.2) is 0 Å². The van der Waals surface area contributed by atoms with Gasteiger partial charge in [-0.3, -0.25) is 0 Å². The number of halogens is 4. The minimum atomic E-state index is -3.86. The maximum absolute atomic E-state index is 11.9. The van der Waals surface area contributed by atoms with Gasteiger partial charge in [0.05, 0.1) is 5.57 Å². The Morgan fingerprint density at radius 1 is 1.20 bits per heavy atom. The Bertz CT molecular complexity index is 164. The molecule has 0 atom stereocenters. The Morgan fingerprint density at radius 3 is 1.70 bits per heavy atom. The molecule has 1 aliphatic rings. The lowest BCUT2D eigenvalue weighted by Gasteiger charge is -1.86. The number of allylic oxidation sites excluding steroid dienone is 2. The predicted molar refractivity (Wildman–Crippen MR) is 28.3 cm³/mol. The predicted octanol–water partition coefficient (Wildman–Crippen LogP) is 2.61. The van der Waals surface area contributed by atoms with Gasteiger partial charge in [-0.15, -0.1) is 0 Å². The lowest BCUT2D eigenvalue weighted by atomic mass is 10.4. The normalized spacial score (nSPS) is 26.3. The minimum Gasteiger partial charge on any atom is -0.194 e. The molecule has 0 aromatic heterocycles. The molecule has 1 saturated carbocycles. The summed E-state index contributed by atoms with van der Waals surface area (Å²) in [6.07, 6.45) is 1.10. The number of alkyl halides is 4. The van der Waals surface area contributed by atoms with E-state index in [2.05, 4.69) is 0 Å². The third-order valence-electron chi connectivity index (χ3n) is 1.42. The van der Waals surface area contributed by atoms with E-state index in [1.807, 2.05) is 0 Å². The van der Waals surface area contributed by atoms with E-state index >= 15 is 0 Å². The van der Waals surface area contributed by atoms with Crippen LogP contribution in [0.1, 0.15) is 13.3 Å². The van der Waals surface area contributed by atoms with Crippen molar-refractivity contribution in [1.29, 1.82) is 0 Å². The maximum Gasteiger partial charge on any atom is 0.341 e. The highest BCUT2D eigenvalue weighted by Gasteiger charge is 2.80. The molecule has 1 rings (SSSR count). The van der Waals surface area contributed by atoms with Crippen molar-refractivity contribution < 1.29 is 17.6 Å². The summed E-state index contributed by atoms with van der Waals surface area (Å²) in [7, 11) is 0. The molecule has 0 aromatic rings. The molecular formula is C6H6F4. The van der Waals surface area contributed by atoms with Crippen molar-refractivity contribution in [2.45, 2.75) is 25.2 Å². The van der Waals surface area contributed by atoms with Crippen molar-refractivity contribution in [2.75, 3.05) is 0 Å². The fourth-order valence-corrected chi connectivity index (χ4v) is 0.772. The average Bonchev–Trinajstić information content (AvgIpc) is 2.13. The van der Waals surface area contributed by atoms with Crippen LogP contribution < -0.4 is 0 Å². The van der Waals surface area contributed by atoms with Gasteiger partial charge < -0.3 is 0 Å². The van der Waals surface area contributed by atoms with E-state index in [0.29, 0.717) is 0 Å². The zero-order valence-electron chi connectivity index (χ0n) is 5.30. The van der Waals surface area contributed by atoms with E-state index < -0.39 is 17.4 Å². The molecule has 1 fully saturated rings. The first kappa shape index (κ1) is 7.57. The van der Waals surface area contributed by atoms with Crippen LogP contribution in [0.3, 0.4) is 0 Å². The molecule has 0 N–H and O–H groups in total. The monoisotopic (exact) mass is 154 g/mol. The molecule has 0 radical (unpaired) electrons. The smallest absolute Gasteiger partial charge is 0.194 e. The van der Waals surface area contributed by atoms with Crippen molar-refractivity contribution in [1.82, 2.24) is 0 Å². The van der Waals surface area contributed by atoms with E-state index in [1.165, 1.54) is 6.92 Å². The van der Waals surface area contributed by atoms with Gasteiger partial charge in [0.1, 0.15) is 0 Å². The van der Waals surface area contributed by atoms with Gasteiger partial charge in [0.25, 0.3) is 0 Å². The summed E-state index contributed by atoms with van der Waals surface area (Å²) in [5, 5.41) is 0. The van der Waals surface area contributed by atoms with Crippen LogP contribution in [-0.4, -0.2) is 11.8 Å². The Balaban J connectivity index is 2.81. The second kappa shape index (κ2) is 1.74. The summed E-state index contributed by atoms with van der Waals surface area (Å²) >= 11 is 0. The summed E-state index contributed by atoms with van der Waals surface area (Å²) in [6.45, 7) is 1.54. The first-order valence-corrected chi connectivity index (χ1v) is 2.91. The van der Waals surface area contributed by atoms with E-state index in [9.17, 15) is 17.6 Å². The molecular weight excluding hydrogens is 148 g/mol. The third-order valence-corrected chi connectivity index (χ3v) is 1.42. The zero-order valence-corrected chi connectivity index (χ0v) is 5.30. The summed E-state index contributed by atoms with van der Waals surface area (Å²) < 4.78 is 47.8. The number of rotatable bonds is 1. The van der Waals surface area contributed by atoms with Gasteiger partial charge in [0.2, 0.25) is 0 Å². The third kappa shape index (κ3) is 0.676. The zero-order chi connectivity index (χ0) is 7.99. The second-order valence-corrected chi connectivity index (χ2v) is 2.17. The summed E-state index contributed by atoms with van der Waals surface area (Å²) in [5.74, 6) is -7.72. The lowest BCUT2D eigenvalue weighted by molar-refractivity contribution is -0.0278. The van der Waals surface area contributed by atoms with E-state index in [4.69, 9.17) is 0 Å². The summed E-state index contributed by atoms with van der Waals surface area (Å²) in [5.41, 5.74) is -1.03. The van der Waals surface area contributed by atoms with E-state index in [-0.39, 0.29) is 6.42 Å². The largest absolute Gasteiger partial charge is 0.341 e. The topological polar surface area (TPSA) is 0 Å². The van der Waals surface area contributed by atoms with Crippen LogP contribution in [0.4, 0.5) is 17.6 Å². The van der Waals surface area contributed by atoms with Gasteiger partial charge in [0, 0.05) is 0 Å². The SMILES string of the molecule is CCC=C1C(F)(F)C1(F)F. The van der Waals surface area contributed by atoms with Crippen molar-refractivity contribution in [3.63, 3.8) is 0 Å². The number of hydrogen-bond acceptors (Lipinski definition) is 0. The fourth-order valence-electron chi connectivity index (χ4n) is 0.772. The van der Waals surface area contributed by atoms with Crippen LogP contribution >= 0.6 is 0 Å². The Kier molecular flexibility index (Phi) is 1.31. The van der Waals surface area contributed by atoms with Crippen LogP contribution in [0, 0.1) is 0 Å². The molecule has 0 unspecified atom stereocenters. The first-order chi connectivity index (χ1) is 4.44. The molecule has 1 aliphatic carbocycles. The maximum atomic E-state index is 11.9. The molecule has 0 spiro atoms. The molecule has 4 heteroatoms. The molecule has 0 aromatic carbocycles. The molecule has 58 valence electrons.